The van der Waals surface area contributed by atoms with Crippen molar-refractivity contribution in [2.24, 2.45) is 4.99 Å². The van der Waals surface area contributed by atoms with Crippen molar-refractivity contribution >= 4 is 72.9 Å². The van der Waals surface area contributed by atoms with Crippen molar-refractivity contribution in [3.05, 3.63) is 104 Å². The highest BCUT2D eigenvalue weighted by Gasteiger charge is 2.32. The smallest absolute Gasteiger partial charge is 0.266 e. The summed E-state index contributed by atoms with van der Waals surface area (Å²) < 4.78 is 12.1. The molecule has 1 heterocycles. The van der Waals surface area contributed by atoms with Gasteiger partial charge in [-0.3, -0.25) is 9.69 Å². The van der Waals surface area contributed by atoms with Crippen molar-refractivity contribution in [2.75, 3.05) is 13.7 Å². The number of methoxy groups -OCH3 is 1. The van der Waals surface area contributed by atoms with Crippen LogP contribution in [-0.4, -0.2) is 29.6 Å². The molecule has 0 bridgehead atoms. The molecule has 0 radical (unpaired) electrons. The van der Waals surface area contributed by atoms with Crippen molar-refractivity contribution in [1.29, 1.82) is 0 Å². The molecule has 8 heteroatoms. The first-order valence-electron chi connectivity index (χ1n) is 12.0. The summed E-state index contributed by atoms with van der Waals surface area (Å²) in [6.07, 6.45) is 1.83. The lowest BCUT2D eigenvalue weighted by molar-refractivity contribution is -0.122. The molecular formula is C30H24BrClN2O3S. The van der Waals surface area contributed by atoms with Crippen molar-refractivity contribution in [2.45, 2.75) is 13.5 Å². The lowest BCUT2D eigenvalue weighted by Gasteiger charge is -2.13. The number of fused-ring (bicyclic) bond motifs is 1. The number of nitrogens with zero attached hydrogens (tertiary/aromatic N) is 2. The average molecular weight is 608 g/mol. The summed E-state index contributed by atoms with van der Waals surface area (Å²) >= 11 is 11.6. The molecule has 0 saturated carbocycles. The molecule has 4 aromatic rings. The SMILES string of the molecule is CCN1C(=O)/C(=C\c2cc(Cl)c(OCc3cccc4ccccc34)c(Br)c2)SC1=Nc1ccc(OC)cc1. The molecule has 38 heavy (non-hydrogen) atoms. The Labute approximate surface area is 239 Å². The molecule has 0 unspecified atom stereocenters. The number of benzene rings is 4. The molecule has 4 aromatic carbocycles. The topological polar surface area (TPSA) is 51.1 Å². The second-order valence-corrected chi connectivity index (χ2v) is 10.8. The lowest BCUT2D eigenvalue weighted by atomic mass is 10.1. The minimum atomic E-state index is -0.0895. The maximum atomic E-state index is 13.1. The number of carbonyl (C=O) groups excluding carboxylic acids is 1. The first kappa shape index (κ1) is 26.4. The van der Waals surface area contributed by atoms with Crippen molar-refractivity contribution in [3.8, 4) is 11.5 Å². The van der Waals surface area contributed by atoms with Gasteiger partial charge in [0.15, 0.2) is 10.9 Å². The van der Waals surface area contributed by atoms with E-state index in [0.29, 0.717) is 38.5 Å². The summed E-state index contributed by atoms with van der Waals surface area (Å²) in [6.45, 7) is 2.83. The van der Waals surface area contributed by atoms with Crippen LogP contribution in [0.1, 0.15) is 18.1 Å². The summed E-state index contributed by atoms with van der Waals surface area (Å²) in [4.78, 5) is 20.0. The van der Waals surface area contributed by atoms with Crippen LogP contribution < -0.4 is 9.47 Å². The quantitative estimate of drug-likeness (QED) is 0.198. The molecular weight excluding hydrogens is 584 g/mol. The molecule has 5 nitrogen and oxygen atoms in total. The van der Waals surface area contributed by atoms with Crippen LogP contribution in [-0.2, 0) is 11.4 Å². The maximum Gasteiger partial charge on any atom is 0.266 e. The Hall–Kier alpha value is -3.26. The molecule has 5 rings (SSSR count). The third kappa shape index (κ3) is 5.60. The summed E-state index contributed by atoms with van der Waals surface area (Å²) in [7, 11) is 1.62. The average Bonchev–Trinajstić information content (AvgIpc) is 3.21. The summed E-state index contributed by atoms with van der Waals surface area (Å²) in [6, 6.07) is 25.5. The zero-order valence-electron chi connectivity index (χ0n) is 20.8. The summed E-state index contributed by atoms with van der Waals surface area (Å²) in [5.74, 6) is 1.22. The van der Waals surface area contributed by atoms with Gasteiger partial charge in [0.2, 0.25) is 0 Å². The van der Waals surface area contributed by atoms with E-state index in [9.17, 15) is 4.79 Å². The van der Waals surface area contributed by atoms with Gasteiger partial charge in [-0.1, -0.05) is 54.1 Å². The highest BCUT2D eigenvalue weighted by atomic mass is 79.9. The summed E-state index contributed by atoms with van der Waals surface area (Å²) in [5, 5.41) is 3.40. The first-order chi connectivity index (χ1) is 18.5. The van der Waals surface area contributed by atoms with Gasteiger partial charge in [0, 0.05) is 6.54 Å². The van der Waals surface area contributed by atoms with Gasteiger partial charge in [0.1, 0.15) is 12.4 Å². The van der Waals surface area contributed by atoms with Gasteiger partial charge < -0.3 is 9.47 Å². The van der Waals surface area contributed by atoms with Crippen LogP contribution in [0.3, 0.4) is 0 Å². The van der Waals surface area contributed by atoms with E-state index in [1.165, 1.54) is 11.8 Å². The van der Waals surface area contributed by atoms with Gasteiger partial charge in [-0.15, -0.1) is 0 Å². The first-order valence-corrected chi connectivity index (χ1v) is 14.0. The van der Waals surface area contributed by atoms with Gasteiger partial charge in [0.05, 0.1) is 27.2 Å². The molecule has 1 aliphatic rings. The number of halogens is 2. The number of aliphatic imine (C=N–C) groups is 1. The van der Waals surface area contributed by atoms with E-state index in [1.54, 1.807) is 18.1 Å². The Morgan fingerprint density at radius 3 is 2.55 bits per heavy atom. The number of amidine groups is 1. The van der Waals surface area contributed by atoms with Crippen LogP contribution in [0.2, 0.25) is 5.02 Å². The minimum Gasteiger partial charge on any atom is -0.497 e. The number of hydrogen-bond acceptors (Lipinski definition) is 5. The highest BCUT2D eigenvalue weighted by molar-refractivity contribution is 9.10. The number of hydrogen-bond donors (Lipinski definition) is 0. The third-order valence-electron chi connectivity index (χ3n) is 6.07. The largest absolute Gasteiger partial charge is 0.497 e. The van der Waals surface area contributed by atoms with Crippen LogP contribution in [0, 0.1) is 0 Å². The van der Waals surface area contributed by atoms with E-state index in [1.807, 2.05) is 61.5 Å². The monoisotopic (exact) mass is 606 g/mol. The molecule has 0 aromatic heterocycles. The Morgan fingerprint density at radius 1 is 1.05 bits per heavy atom. The summed E-state index contributed by atoms with van der Waals surface area (Å²) in [5.41, 5.74) is 2.62. The number of likely N-dealkylation sites (N-methyl/N-ethyl adjacent to an activating group) is 1. The Balaban J connectivity index is 1.37. The predicted octanol–water partition coefficient (Wildman–Crippen LogP) is 8.47. The van der Waals surface area contributed by atoms with E-state index in [4.69, 9.17) is 21.1 Å². The normalized spacial score (nSPS) is 15.6. The number of amides is 1. The molecule has 1 saturated heterocycles. The van der Waals surface area contributed by atoms with E-state index < -0.39 is 0 Å². The standard InChI is InChI=1S/C30H24BrClN2O3S/c1-3-34-29(35)27(38-30(34)33-22-11-13-23(36-2)14-12-22)17-19-15-25(31)28(26(32)16-19)37-18-21-9-6-8-20-7-4-5-10-24(20)21/h4-17H,3,18H2,1-2H3/b27-17+,33-30?. The van der Waals surface area contributed by atoms with E-state index in [-0.39, 0.29) is 5.91 Å². The molecule has 0 N–H and O–H groups in total. The van der Waals surface area contributed by atoms with Crippen molar-refractivity contribution in [1.82, 2.24) is 4.90 Å². The molecule has 0 spiro atoms. The predicted molar refractivity (Wildman–Crippen MR) is 160 cm³/mol. The molecule has 1 fully saturated rings. The van der Waals surface area contributed by atoms with Gasteiger partial charge in [0.25, 0.3) is 5.91 Å². The zero-order valence-corrected chi connectivity index (χ0v) is 23.9. The Bertz CT molecular complexity index is 1540. The van der Waals surface area contributed by atoms with Gasteiger partial charge in [-0.2, -0.15) is 0 Å². The third-order valence-corrected chi connectivity index (χ3v) is 7.95. The van der Waals surface area contributed by atoms with Crippen LogP contribution in [0.4, 0.5) is 5.69 Å². The van der Waals surface area contributed by atoms with E-state index in [0.717, 1.165) is 33.3 Å². The minimum absolute atomic E-state index is 0.0895. The Kier molecular flexibility index (Phi) is 8.07. The molecule has 0 atom stereocenters. The molecule has 192 valence electrons. The number of rotatable bonds is 7. The van der Waals surface area contributed by atoms with Crippen LogP contribution in [0.25, 0.3) is 16.8 Å². The number of thioether (sulfide) groups is 1. The van der Waals surface area contributed by atoms with E-state index in [2.05, 4.69) is 45.2 Å². The number of ether oxygens (including phenoxy) is 2. The van der Waals surface area contributed by atoms with Gasteiger partial charge in [-0.05, 0) is 99.0 Å². The fourth-order valence-electron chi connectivity index (χ4n) is 4.16. The molecule has 1 aliphatic heterocycles. The van der Waals surface area contributed by atoms with Crippen LogP contribution in [0.5, 0.6) is 11.5 Å². The molecule has 0 aliphatic carbocycles. The van der Waals surface area contributed by atoms with E-state index >= 15 is 0 Å². The molecule has 1 amide bonds. The lowest BCUT2D eigenvalue weighted by Crippen LogP contribution is -2.28. The van der Waals surface area contributed by atoms with Gasteiger partial charge >= 0.3 is 0 Å². The maximum absolute atomic E-state index is 13.1. The van der Waals surface area contributed by atoms with Crippen LogP contribution >= 0.6 is 39.3 Å². The second kappa shape index (κ2) is 11.6. The highest BCUT2D eigenvalue weighted by Crippen LogP contribution is 2.39. The van der Waals surface area contributed by atoms with Crippen molar-refractivity contribution in [3.63, 3.8) is 0 Å². The zero-order chi connectivity index (χ0) is 26.6. The number of carbonyl (C=O) groups is 1. The fraction of sp³-hybridized carbons (Fsp3) is 0.133. The van der Waals surface area contributed by atoms with Crippen molar-refractivity contribution < 1.29 is 14.3 Å². The second-order valence-electron chi connectivity index (χ2n) is 8.49. The fourth-order valence-corrected chi connectivity index (χ4v) is 6.21. The van der Waals surface area contributed by atoms with Crippen LogP contribution in [0.15, 0.2) is 93.2 Å². The Morgan fingerprint density at radius 2 is 1.82 bits per heavy atom. The van der Waals surface area contributed by atoms with Gasteiger partial charge in [-0.25, -0.2) is 4.99 Å².